The lowest BCUT2D eigenvalue weighted by Gasteiger charge is -2.11. The van der Waals surface area contributed by atoms with Gasteiger partial charge in [0.15, 0.2) is 0 Å². The summed E-state index contributed by atoms with van der Waals surface area (Å²) in [6.45, 7) is 3.50. The van der Waals surface area contributed by atoms with Crippen LogP contribution in [0.3, 0.4) is 0 Å². The van der Waals surface area contributed by atoms with Crippen molar-refractivity contribution in [3.63, 3.8) is 0 Å². The molecule has 0 spiro atoms. The normalized spacial score (nSPS) is 11.0. The van der Waals surface area contributed by atoms with Crippen LogP contribution < -0.4 is 4.74 Å². The molecule has 0 saturated heterocycles. The highest BCUT2D eigenvalue weighted by molar-refractivity contribution is 14.1. The molecule has 170 valence electrons. The fourth-order valence-corrected chi connectivity index (χ4v) is 4.36. The van der Waals surface area contributed by atoms with Crippen molar-refractivity contribution in [2.45, 2.75) is 33.2 Å². The molecule has 0 aliphatic heterocycles. The number of halogens is 1. The van der Waals surface area contributed by atoms with Crippen molar-refractivity contribution in [1.29, 1.82) is 0 Å². The standard InChI is InChI=1S/C27H25IO5/c1-2-31-26(29)15-21-10-6-7-11-25(21)32-17-20-12-22-14-23(33-27(22)24(28)13-20)18-30-16-19-8-4-3-5-9-19/h3-14H,2,15-18H2,1H3. The minimum absolute atomic E-state index is 0.189. The van der Waals surface area contributed by atoms with Gasteiger partial charge in [0.25, 0.3) is 0 Å². The van der Waals surface area contributed by atoms with Crippen molar-refractivity contribution >= 4 is 39.5 Å². The van der Waals surface area contributed by atoms with Crippen molar-refractivity contribution < 1.29 is 23.4 Å². The largest absolute Gasteiger partial charge is 0.489 e. The highest BCUT2D eigenvalue weighted by Crippen LogP contribution is 2.28. The Morgan fingerprint density at radius 2 is 1.70 bits per heavy atom. The monoisotopic (exact) mass is 556 g/mol. The second-order valence-electron chi connectivity index (χ2n) is 7.57. The first kappa shape index (κ1) is 23.3. The molecule has 5 nitrogen and oxygen atoms in total. The van der Waals surface area contributed by atoms with E-state index in [4.69, 9.17) is 18.6 Å². The Bertz CT molecular complexity index is 1220. The molecule has 0 bridgehead atoms. The van der Waals surface area contributed by atoms with Crippen molar-refractivity contribution in [2.75, 3.05) is 6.61 Å². The maximum atomic E-state index is 11.9. The summed E-state index contributed by atoms with van der Waals surface area (Å²) in [5, 5.41) is 1.01. The SMILES string of the molecule is CCOC(=O)Cc1ccccc1OCc1cc(I)c2oc(COCc3ccccc3)cc2c1. The summed E-state index contributed by atoms with van der Waals surface area (Å²) in [7, 11) is 0. The Labute approximate surface area is 206 Å². The summed E-state index contributed by atoms with van der Waals surface area (Å²) < 4.78 is 24.0. The minimum atomic E-state index is -0.259. The lowest BCUT2D eigenvalue weighted by atomic mass is 10.1. The Hall–Kier alpha value is -2.84. The van der Waals surface area contributed by atoms with Gasteiger partial charge in [-0.1, -0.05) is 48.5 Å². The average molecular weight is 556 g/mol. The Kier molecular flexibility index (Phi) is 8.01. The number of fused-ring (bicyclic) bond motifs is 1. The van der Waals surface area contributed by atoms with Gasteiger partial charge in [-0.3, -0.25) is 4.79 Å². The average Bonchev–Trinajstić information content (AvgIpc) is 3.23. The highest BCUT2D eigenvalue weighted by atomic mass is 127. The summed E-state index contributed by atoms with van der Waals surface area (Å²) in [4.78, 5) is 11.9. The van der Waals surface area contributed by atoms with Gasteiger partial charge >= 0.3 is 5.97 Å². The molecule has 0 saturated carbocycles. The summed E-state index contributed by atoms with van der Waals surface area (Å²) in [6.07, 6.45) is 0.189. The number of esters is 1. The molecule has 0 N–H and O–H groups in total. The van der Waals surface area contributed by atoms with Crippen LogP contribution in [0, 0.1) is 3.57 Å². The Morgan fingerprint density at radius 1 is 0.909 bits per heavy atom. The van der Waals surface area contributed by atoms with Crippen LogP contribution in [0.4, 0.5) is 0 Å². The molecular weight excluding hydrogens is 531 g/mol. The van der Waals surface area contributed by atoms with Gasteiger partial charge in [0, 0.05) is 10.9 Å². The van der Waals surface area contributed by atoms with E-state index in [1.54, 1.807) is 6.92 Å². The van der Waals surface area contributed by atoms with Crippen molar-refractivity contribution in [3.8, 4) is 5.75 Å². The fourth-order valence-electron chi connectivity index (χ4n) is 3.54. The maximum Gasteiger partial charge on any atom is 0.310 e. The summed E-state index contributed by atoms with van der Waals surface area (Å²) in [6, 6.07) is 23.8. The molecule has 4 rings (SSSR count). The molecule has 1 aromatic heterocycles. The van der Waals surface area contributed by atoms with Crippen LogP contribution in [0.5, 0.6) is 5.75 Å². The van der Waals surface area contributed by atoms with E-state index in [9.17, 15) is 4.79 Å². The molecule has 0 amide bonds. The van der Waals surface area contributed by atoms with Crippen LogP contribution in [0.2, 0.25) is 0 Å². The van der Waals surface area contributed by atoms with Crippen LogP contribution >= 0.6 is 22.6 Å². The smallest absolute Gasteiger partial charge is 0.310 e. The first-order chi connectivity index (χ1) is 16.1. The van der Waals surface area contributed by atoms with Crippen LogP contribution in [-0.2, 0) is 40.5 Å². The zero-order valence-corrected chi connectivity index (χ0v) is 20.5. The summed E-state index contributed by atoms with van der Waals surface area (Å²) >= 11 is 2.28. The second kappa shape index (κ2) is 11.3. The number of carbonyl (C=O) groups is 1. The predicted octanol–water partition coefficient (Wildman–Crippen LogP) is 6.44. The van der Waals surface area contributed by atoms with E-state index >= 15 is 0 Å². The molecule has 4 aromatic rings. The number of furan rings is 1. The molecule has 0 aliphatic carbocycles. The number of rotatable bonds is 10. The van der Waals surface area contributed by atoms with Crippen molar-refractivity contribution in [3.05, 3.63) is 98.8 Å². The van der Waals surface area contributed by atoms with Gasteiger partial charge in [-0.2, -0.15) is 0 Å². The number of benzene rings is 3. The third kappa shape index (κ3) is 6.36. The van der Waals surface area contributed by atoms with Crippen molar-refractivity contribution in [2.24, 2.45) is 0 Å². The number of hydrogen-bond acceptors (Lipinski definition) is 5. The zero-order valence-electron chi connectivity index (χ0n) is 18.4. The molecule has 33 heavy (non-hydrogen) atoms. The number of para-hydroxylation sites is 1. The summed E-state index contributed by atoms with van der Waals surface area (Å²) in [5.41, 5.74) is 3.81. The molecule has 0 atom stereocenters. The van der Waals surface area contributed by atoms with Crippen LogP contribution in [-0.4, -0.2) is 12.6 Å². The first-order valence-corrected chi connectivity index (χ1v) is 11.9. The quantitative estimate of drug-likeness (QED) is 0.166. The minimum Gasteiger partial charge on any atom is -0.489 e. The second-order valence-corrected chi connectivity index (χ2v) is 8.73. The summed E-state index contributed by atoms with van der Waals surface area (Å²) in [5.74, 6) is 1.21. The first-order valence-electron chi connectivity index (χ1n) is 10.8. The van der Waals surface area contributed by atoms with Gasteiger partial charge in [0.2, 0.25) is 0 Å². The van der Waals surface area contributed by atoms with Gasteiger partial charge in [-0.05, 0) is 64.9 Å². The van der Waals surface area contributed by atoms with Gasteiger partial charge in [-0.15, -0.1) is 0 Å². The third-order valence-electron chi connectivity index (χ3n) is 5.04. The third-order valence-corrected chi connectivity index (χ3v) is 5.85. The van der Waals surface area contributed by atoms with E-state index in [1.165, 1.54) is 0 Å². The molecule has 3 aromatic carbocycles. The highest BCUT2D eigenvalue weighted by Gasteiger charge is 2.12. The predicted molar refractivity (Wildman–Crippen MR) is 135 cm³/mol. The lowest BCUT2D eigenvalue weighted by Crippen LogP contribution is -2.09. The van der Waals surface area contributed by atoms with Gasteiger partial charge in [0.1, 0.15) is 30.3 Å². The topological polar surface area (TPSA) is 57.9 Å². The Balaban J connectivity index is 1.41. The molecule has 0 unspecified atom stereocenters. The molecule has 0 fully saturated rings. The van der Waals surface area contributed by atoms with E-state index in [0.717, 1.165) is 37.0 Å². The molecule has 0 aliphatic rings. The van der Waals surface area contributed by atoms with E-state index in [0.29, 0.717) is 32.2 Å². The van der Waals surface area contributed by atoms with Crippen LogP contribution in [0.1, 0.15) is 29.4 Å². The van der Waals surface area contributed by atoms with Crippen molar-refractivity contribution in [1.82, 2.24) is 0 Å². The van der Waals surface area contributed by atoms with E-state index in [1.807, 2.05) is 60.7 Å². The zero-order chi connectivity index (χ0) is 23.0. The fraction of sp³-hybridized carbons (Fsp3) is 0.222. The maximum absolute atomic E-state index is 11.9. The van der Waals surface area contributed by atoms with Crippen LogP contribution in [0.15, 0.2) is 77.2 Å². The molecule has 1 heterocycles. The molecule has 6 heteroatoms. The number of ether oxygens (including phenoxy) is 3. The number of carbonyl (C=O) groups excluding carboxylic acids is 1. The van der Waals surface area contributed by atoms with Crippen LogP contribution in [0.25, 0.3) is 11.0 Å². The molecule has 0 radical (unpaired) electrons. The van der Waals surface area contributed by atoms with Gasteiger partial charge in [-0.25, -0.2) is 0 Å². The Morgan fingerprint density at radius 3 is 2.52 bits per heavy atom. The van der Waals surface area contributed by atoms with E-state index in [-0.39, 0.29) is 12.4 Å². The molecular formula is C27H25IO5. The number of hydrogen-bond donors (Lipinski definition) is 0. The van der Waals surface area contributed by atoms with E-state index in [2.05, 4.69) is 34.7 Å². The van der Waals surface area contributed by atoms with Gasteiger partial charge < -0.3 is 18.6 Å². The lowest BCUT2D eigenvalue weighted by molar-refractivity contribution is -0.142. The van der Waals surface area contributed by atoms with E-state index < -0.39 is 0 Å². The van der Waals surface area contributed by atoms with Gasteiger partial charge in [0.05, 0.1) is 23.2 Å².